The van der Waals surface area contributed by atoms with Crippen LogP contribution in [0, 0.1) is 0 Å². The Kier molecular flexibility index (Phi) is 5.72. The number of carbonyl (C=O) groups is 2. The minimum Gasteiger partial charge on any atom is -0.494 e. The van der Waals surface area contributed by atoms with Crippen molar-refractivity contribution in [1.29, 1.82) is 0 Å². The highest BCUT2D eigenvalue weighted by Gasteiger charge is 2.09. The summed E-state index contributed by atoms with van der Waals surface area (Å²) in [6.45, 7) is 2.50. The number of amides is 1. The number of carbonyl (C=O) groups excluding carboxylic acids is 2. The molecule has 22 heavy (non-hydrogen) atoms. The predicted molar refractivity (Wildman–Crippen MR) is 86.2 cm³/mol. The SMILES string of the molecule is CCOc1ccc(C(=O)CCC(=O)Nc2ccccc2)cc1. The number of hydrogen-bond acceptors (Lipinski definition) is 3. The van der Waals surface area contributed by atoms with Gasteiger partial charge in [-0.2, -0.15) is 0 Å². The van der Waals surface area contributed by atoms with Gasteiger partial charge in [-0.15, -0.1) is 0 Å². The molecular formula is C18H19NO3. The molecule has 2 aromatic rings. The summed E-state index contributed by atoms with van der Waals surface area (Å²) in [5.41, 5.74) is 1.33. The van der Waals surface area contributed by atoms with Gasteiger partial charge < -0.3 is 10.1 Å². The molecule has 2 rings (SSSR count). The van der Waals surface area contributed by atoms with E-state index in [0.29, 0.717) is 12.2 Å². The Morgan fingerprint density at radius 3 is 2.27 bits per heavy atom. The van der Waals surface area contributed by atoms with Crippen molar-refractivity contribution in [2.45, 2.75) is 19.8 Å². The molecule has 0 fully saturated rings. The van der Waals surface area contributed by atoms with Crippen molar-refractivity contribution in [1.82, 2.24) is 0 Å². The molecule has 1 amide bonds. The van der Waals surface area contributed by atoms with Gasteiger partial charge in [-0.05, 0) is 43.3 Å². The monoisotopic (exact) mass is 297 g/mol. The van der Waals surface area contributed by atoms with E-state index >= 15 is 0 Å². The Labute approximate surface area is 130 Å². The maximum absolute atomic E-state index is 12.0. The van der Waals surface area contributed by atoms with Crippen LogP contribution in [-0.2, 0) is 4.79 Å². The summed E-state index contributed by atoms with van der Waals surface area (Å²) in [6, 6.07) is 16.2. The molecule has 0 atom stereocenters. The van der Waals surface area contributed by atoms with E-state index in [4.69, 9.17) is 4.74 Å². The zero-order chi connectivity index (χ0) is 15.8. The number of ether oxygens (including phenoxy) is 1. The van der Waals surface area contributed by atoms with Gasteiger partial charge in [-0.25, -0.2) is 0 Å². The molecule has 0 bridgehead atoms. The van der Waals surface area contributed by atoms with Crippen LogP contribution < -0.4 is 10.1 Å². The highest BCUT2D eigenvalue weighted by Crippen LogP contribution is 2.14. The standard InChI is InChI=1S/C18H19NO3/c1-2-22-16-10-8-14(9-11-16)17(20)12-13-18(21)19-15-6-4-3-5-7-15/h3-11H,2,12-13H2,1H3,(H,19,21). The molecule has 0 aromatic heterocycles. The summed E-state index contributed by atoms with van der Waals surface area (Å²) in [5.74, 6) is 0.526. The minimum atomic E-state index is -0.162. The van der Waals surface area contributed by atoms with Crippen LogP contribution in [0.2, 0.25) is 0 Å². The van der Waals surface area contributed by atoms with Crippen molar-refractivity contribution >= 4 is 17.4 Å². The molecule has 4 heteroatoms. The first-order valence-electron chi connectivity index (χ1n) is 7.30. The average Bonchev–Trinajstić information content (AvgIpc) is 2.54. The quantitative estimate of drug-likeness (QED) is 0.793. The van der Waals surface area contributed by atoms with Crippen molar-refractivity contribution in [3.8, 4) is 5.75 Å². The Morgan fingerprint density at radius 1 is 0.955 bits per heavy atom. The molecule has 0 radical (unpaired) electrons. The summed E-state index contributed by atoms with van der Waals surface area (Å²) in [6.07, 6.45) is 0.355. The van der Waals surface area contributed by atoms with Crippen LogP contribution in [0.1, 0.15) is 30.1 Å². The van der Waals surface area contributed by atoms with Gasteiger partial charge in [-0.3, -0.25) is 9.59 Å². The first-order valence-corrected chi connectivity index (χ1v) is 7.30. The molecule has 0 saturated heterocycles. The third-order valence-electron chi connectivity index (χ3n) is 3.12. The lowest BCUT2D eigenvalue weighted by atomic mass is 10.1. The second kappa shape index (κ2) is 7.98. The van der Waals surface area contributed by atoms with Gasteiger partial charge in [-0.1, -0.05) is 18.2 Å². The number of anilines is 1. The Balaban J connectivity index is 1.83. The van der Waals surface area contributed by atoms with Crippen LogP contribution in [-0.4, -0.2) is 18.3 Å². The van der Waals surface area contributed by atoms with Crippen molar-refractivity contribution in [2.75, 3.05) is 11.9 Å². The molecular weight excluding hydrogens is 278 g/mol. The van der Waals surface area contributed by atoms with E-state index in [0.717, 1.165) is 11.4 Å². The summed E-state index contributed by atoms with van der Waals surface area (Å²) >= 11 is 0. The number of rotatable bonds is 7. The Hall–Kier alpha value is -2.62. The van der Waals surface area contributed by atoms with Gasteiger partial charge in [0.05, 0.1) is 6.61 Å². The Bertz CT molecular complexity index is 621. The van der Waals surface area contributed by atoms with Crippen molar-refractivity contribution in [2.24, 2.45) is 0 Å². The second-order valence-electron chi connectivity index (χ2n) is 4.79. The lowest BCUT2D eigenvalue weighted by Crippen LogP contribution is -2.13. The van der Waals surface area contributed by atoms with E-state index in [9.17, 15) is 9.59 Å². The highest BCUT2D eigenvalue weighted by atomic mass is 16.5. The largest absolute Gasteiger partial charge is 0.494 e. The van der Waals surface area contributed by atoms with Gasteiger partial charge in [0.15, 0.2) is 5.78 Å². The van der Waals surface area contributed by atoms with Crippen LogP contribution in [0.4, 0.5) is 5.69 Å². The molecule has 114 valence electrons. The summed E-state index contributed by atoms with van der Waals surface area (Å²) in [4.78, 5) is 23.9. The van der Waals surface area contributed by atoms with E-state index in [-0.39, 0.29) is 24.5 Å². The molecule has 4 nitrogen and oxygen atoms in total. The summed E-state index contributed by atoms with van der Waals surface area (Å²) in [5, 5.41) is 2.76. The van der Waals surface area contributed by atoms with E-state index < -0.39 is 0 Å². The van der Waals surface area contributed by atoms with Crippen LogP contribution in [0.15, 0.2) is 54.6 Å². The fourth-order valence-corrected chi connectivity index (χ4v) is 2.02. The normalized spacial score (nSPS) is 10.0. The molecule has 0 aliphatic heterocycles. The number of hydrogen-bond donors (Lipinski definition) is 1. The van der Waals surface area contributed by atoms with Gasteiger partial charge in [0.25, 0.3) is 0 Å². The van der Waals surface area contributed by atoms with E-state index in [1.54, 1.807) is 24.3 Å². The topological polar surface area (TPSA) is 55.4 Å². The van der Waals surface area contributed by atoms with E-state index in [1.165, 1.54) is 0 Å². The third kappa shape index (κ3) is 4.74. The van der Waals surface area contributed by atoms with E-state index in [2.05, 4.69) is 5.32 Å². The summed E-state index contributed by atoms with van der Waals surface area (Å²) in [7, 11) is 0. The van der Waals surface area contributed by atoms with Gasteiger partial charge in [0.2, 0.25) is 5.91 Å². The van der Waals surface area contributed by atoms with Crippen LogP contribution in [0.25, 0.3) is 0 Å². The smallest absolute Gasteiger partial charge is 0.224 e. The fourth-order valence-electron chi connectivity index (χ4n) is 2.02. The molecule has 0 saturated carbocycles. The molecule has 0 aliphatic rings. The van der Waals surface area contributed by atoms with Crippen LogP contribution in [0.3, 0.4) is 0 Å². The number of para-hydroxylation sites is 1. The fraction of sp³-hybridized carbons (Fsp3) is 0.222. The lowest BCUT2D eigenvalue weighted by molar-refractivity contribution is -0.116. The molecule has 0 unspecified atom stereocenters. The zero-order valence-electron chi connectivity index (χ0n) is 12.5. The molecule has 0 heterocycles. The van der Waals surface area contributed by atoms with Crippen molar-refractivity contribution < 1.29 is 14.3 Å². The summed E-state index contributed by atoms with van der Waals surface area (Å²) < 4.78 is 5.33. The predicted octanol–water partition coefficient (Wildman–Crippen LogP) is 3.69. The molecule has 1 N–H and O–H groups in total. The van der Waals surface area contributed by atoms with Crippen molar-refractivity contribution in [3.63, 3.8) is 0 Å². The zero-order valence-corrected chi connectivity index (χ0v) is 12.5. The van der Waals surface area contributed by atoms with E-state index in [1.807, 2.05) is 37.3 Å². The average molecular weight is 297 g/mol. The van der Waals surface area contributed by atoms with Crippen LogP contribution >= 0.6 is 0 Å². The number of Topliss-reactive ketones (excluding diaryl/α,β-unsaturated/α-hetero) is 1. The first-order chi connectivity index (χ1) is 10.7. The molecule has 0 aliphatic carbocycles. The maximum atomic E-state index is 12.0. The lowest BCUT2D eigenvalue weighted by Gasteiger charge is -2.06. The molecule has 2 aromatic carbocycles. The first kappa shape index (κ1) is 15.8. The number of nitrogens with one attached hydrogen (secondary N) is 1. The molecule has 0 spiro atoms. The number of benzene rings is 2. The van der Waals surface area contributed by atoms with Gasteiger partial charge >= 0.3 is 0 Å². The highest BCUT2D eigenvalue weighted by molar-refractivity contribution is 6.00. The van der Waals surface area contributed by atoms with Crippen LogP contribution in [0.5, 0.6) is 5.75 Å². The second-order valence-corrected chi connectivity index (χ2v) is 4.79. The maximum Gasteiger partial charge on any atom is 0.224 e. The van der Waals surface area contributed by atoms with Crippen molar-refractivity contribution in [3.05, 3.63) is 60.2 Å². The Morgan fingerprint density at radius 2 is 1.64 bits per heavy atom. The number of ketones is 1. The minimum absolute atomic E-state index is 0.0498. The third-order valence-corrected chi connectivity index (χ3v) is 3.12. The van der Waals surface area contributed by atoms with Gasteiger partial charge in [0, 0.05) is 24.1 Å². The van der Waals surface area contributed by atoms with Gasteiger partial charge in [0.1, 0.15) is 5.75 Å².